The Morgan fingerprint density at radius 1 is 0.885 bits per heavy atom. The highest BCUT2D eigenvalue weighted by Crippen LogP contribution is 2.29. The molecular weight excluding hydrogens is 340 g/mol. The van der Waals surface area contributed by atoms with E-state index in [1.807, 2.05) is 73.7 Å². The molecule has 2 atom stereocenters. The first kappa shape index (κ1) is 18.1. The summed E-state index contributed by atoms with van der Waals surface area (Å²) in [7, 11) is -1.39. The van der Waals surface area contributed by atoms with E-state index in [1.54, 1.807) is 19.1 Å². The van der Waals surface area contributed by atoms with Gasteiger partial charge in [0.2, 0.25) is 0 Å². The quantitative estimate of drug-likeness (QED) is 0.702. The molecule has 3 aromatic rings. The van der Waals surface area contributed by atoms with E-state index in [2.05, 4.69) is 11.8 Å². The summed E-state index contributed by atoms with van der Waals surface area (Å²) < 4.78 is 13.1. The van der Waals surface area contributed by atoms with Crippen molar-refractivity contribution in [2.45, 2.75) is 29.2 Å². The second-order valence-electron chi connectivity index (χ2n) is 6.27. The molecule has 0 radical (unpaired) electrons. The third-order valence-electron chi connectivity index (χ3n) is 4.07. The van der Waals surface area contributed by atoms with Crippen molar-refractivity contribution < 1.29 is 9.32 Å². The van der Waals surface area contributed by atoms with Gasteiger partial charge in [-0.05, 0) is 44.2 Å². The zero-order valence-corrected chi connectivity index (χ0v) is 15.6. The molecule has 0 fully saturated rings. The van der Waals surface area contributed by atoms with E-state index < -0.39 is 16.4 Å². The third-order valence-corrected chi connectivity index (χ3v) is 5.53. The lowest BCUT2D eigenvalue weighted by atomic mass is 9.96. The molecule has 0 heterocycles. The van der Waals surface area contributed by atoms with Gasteiger partial charge in [-0.25, -0.2) is 4.21 Å². The van der Waals surface area contributed by atoms with Gasteiger partial charge in [-0.1, -0.05) is 65.9 Å². The minimum absolute atomic E-state index is 0.558. The van der Waals surface area contributed by atoms with Gasteiger partial charge in [-0.3, -0.25) is 0 Å². The predicted molar refractivity (Wildman–Crippen MR) is 105 cm³/mol. The normalized spacial score (nSPS) is 14.0. The van der Waals surface area contributed by atoms with Crippen molar-refractivity contribution in [1.29, 1.82) is 0 Å². The molecule has 1 N–H and O–H groups in total. The lowest BCUT2D eigenvalue weighted by Gasteiger charge is -2.20. The van der Waals surface area contributed by atoms with E-state index in [1.165, 1.54) is 0 Å². The van der Waals surface area contributed by atoms with Gasteiger partial charge in [0.15, 0.2) is 0 Å². The standard InChI is InChI=1S/C23H20O2S/c1-18-12-14-20(15-13-18)26(25)22-11-7-6-10-21(22)23(2,24)17-16-19-8-4-3-5-9-19/h3-15,24H,1-2H3/t23-,26?/m1/s1. The molecule has 1 unspecified atom stereocenters. The van der Waals surface area contributed by atoms with Crippen molar-refractivity contribution in [3.63, 3.8) is 0 Å². The first-order chi connectivity index (χ1) is 12.5. The van der Waals surface area contributed by atoms with Crippen molar-refractivity contribution in [2.24, 2.45) is 0 Å². The Morgan fingerprint density at radius 2 is 1.50 bits per heavy atom. The fourth-order valence-electron chi connectivity index (χ4n) is 2.60. The molecule has 0 saturated heterocycles. The number of aryl methyl sites for hydroxylation is 1. The van der Waals surface area contributed by atoms with Gasteiger partial charge in [0, 0.05) is 16.0 Å². The maximum absolute atomic E-state index is 13.1. The Bertz CT molecular complexity index is 978. The Morgan fingerprint density at radius 3 is 2.19 bits per heavy atom. The summed E-state index contributed by atoms with van der Waals surface area (Å²) in [6.45, 7) is 3.62. The van der Waals surface area contributed by atoms with Crippen molar-refractivity contribution >= 4 is 10.8 Å². The van der Waals surface area contributed by atoms with Crippen LogP contribution in [0.1, 0.15) is 23.6 Å². The third kappa shape index (κ3) is 4.11. The van der Waals surface area contributed by atoms with E-state index in [0.717, 1.165) is 11.1 Å². The average molecular weight is 360 g/mol. The maximum Gasteiger partial charge on any atom is 0.149 e. The van der Waals surface area contributed by atoms with E-state index in [-0.39, 0.29) is 0 Å². The van der Waals surface area contributed by atoms with E-state index in [4.69, 9.17) is 0 Å². The fraction of sp³-hybridized carbons (Fsp3) is 0.130. The number of hydrogen-bond acceptors (Lipinski definition) is 2. The topological polar surface area (TPSA) is 37.3 Å². The molecule has 0 aliphatic rings. The fourth-order valence-corrected chi connectivity index (χ4v) is 3.91. The minimum Gasteiger partial charge on any atom is -0.374 e. The highest BCUT2D eigenvalue weighted by atomic mass is 32.2. The highest BCUT2D eigenvalue weighted by molar-refractivity contribution is 7.85. The molecule has 0 bridgehead atoms. The molecule has 0 saturated carbocycles. The SMILES string of the molecule is Cc1ccc(S(=O)c2ccccc2[C@](C)(O)C#Cc2ccccc2)cc1. The van der Waals surface area contributed by atoms with Crippen LogP contribution in [0.2, 0.25) is 0 Å². The molecule has 0 spiro atoms. The molecule has 26 heavy (non-hydrogen) atoms. The molecule has 2 nitrogen and oxygen atoms in total. The number of rotatable bonds is 3. The first-order valence-electron chi connectivity index (χ1n) is 8.36. The molecule has 3 aromatic carbocycles. The van der Waals surface area contributed by atoms with Gasteiger partial charge < -0.3 is 5.11 Å². The second kappa shape index (κ2) is 7.70. The summed E-state index contributed by atoms with van der Waals surface area (Å²) >= 11 is 0. The molecule has 0 aliphatic heterocycles. The molecule has 3 rings (SSSR count). The summed E-state index contributed by atoms with van der Waals surface area (Å²) in [4.78, 5) is 1.28. The first-order valence-corrected chi connectivity index (χ1v) is 9.51. The highest BCUT2D eigenvalue weighted by Gasteiger charge is 2.26. The monoisotopic (exact) mass is 360 g/mol. The van der Waals surface area contributed by atoms with Crippen molar-refractivity contribution in [3.8, 4) is 11.8 Å². The Balaban J connectivity index is 2.00. The van der Waals surface area contributed by atoms with Crippen LogP contribution in [0.4, 0.5) is 0 Å². The van der Waals surface area contributed by atoms with Crippen LogP contribution in [0.5, 0.6) is 0 Å². The molecule has 0 aromatic heterocycles. The number of hydrogen-bond donors (Lipinski definition) is 1. The summed E-state index contributed by atoms with van der Waals surface area (Å²) in [5, 5.41) is 11.0. The number of benzene rings is 3. The van der Waals surface area contributed by atoms with E-state index in [9.17, 15) is 9.32 Å². The Kier molecular flexibility index (Phi) is 5.37. The van der Waals surface area contributed by atoms with Crippen LogP contribution in [-0.2, 0) is 16.4 Å². The molecule has 3 heteroatoms. The maximum atomic E-state index is 13.1. The largest absolute Gasteiger partial charge is 0.374 e. The predicted octanol–water partition coefficient (Wildman–Crippen LogP) is 4.42. The van der Waals surface area contributed by atoms with E-state index in [0.29, 0.717) is 15.4 Å². The van der Waals surface area contributed by atoms with Crippen molar-refractivity contribution in [3.05, 3.63) is 95.6 Å². The zero-order valence-electron chi connectivity index (χ0n) is 14.8. The van der Waals surface area contributed by atoms with Crippen molar-refractivity contribution in [1.82, 2.24) is 0 Å². The van der Waals surface area contributed by atoms with Crippen LogP contribution >= 0.6 is 0 Å². The smallest absolute Gasteiger partial charge is 0.149 e. The summed E-state index contributed by atoms with van der Waals surface area (Å²) in [6, 6.07) is 24.3. The molecule has 0 aliphatic carbocycles. The van der Waals surface area contributed by atoms with Crippen LogP contribution in [0.25, 0.3) is 0 Å². The van der Waals surface area contributed by atoms with Gasteiger partial charge in [0.05, 0.1) is 15.7 Å². The summed E-state index contributed by atoms with van der Waals surface area (Å²) in [5.74, 6) is 5.92. The minimum atomic E-state index is -1.41. The lowest BCUT2D eigenvalue weighted by Crippen LogP contribution is -2.21. The van der Waals surface area contributed by atoms with Crippen LogP contribution in [-0.4, -0.2) is 9.32 Å². The van der Waals surface area contributed by atoms with Crippen LogP contribution in [0, 0.1) is 18.8 Å². The van der Waals surface area contributed by atoms with E-state index >= 15 is 0 Å². The lowest BCUT2D eigenvalue weighted by molar-refractivity contribution is 0.119. The number of aliphatic hydroxyl groups is 1. The summed E-state index contributed by atoms with van der Waals surface area (Å²) in [6.07, 6.45) is 0. The second-order valence-corrected chi connectivity index (χ2v) is 7.71. The van der Waals surface area contributed by atoms with Gasteiger partial charge >= 0.3 is 0 Å². The Hall–Kier alpha value is -2.67. The van der Waals surface area contributed by atoms with Gasteiger partial charge in [0.1, 0.15) is 5.60 Å². The summed E-state index contributed by atoms with van der Waals surface area (Å²) in [5.41, 5.74) is 1.08. The van der Waals surface area contributed by atoms with Crippen LogP contribution in [0.3, 0.4) is 0 Å². The average Bonchev–Trinajstić information content (AvgIpc) is 2.67. The van der Waals surface area contributed by atoms with Gasteiger partial charge in [-0.2, -0.15) is 0 Å². The van der Waals surface area contributed by atoms with Gasteiger partial charge in [0.25, 0.3) is 0 Å². The molecular formula is C23H20O2S. The van der Waals surface area contributed by atoms with Crippen molar-refractivity contribution in [2.75, 3.05) is 0 Å². The van der Waals surface area contributed by atoms with Crippen LogP contribution < -0.4 is 0 Å². The Labute approximate surface area is 157 Å². The van der Waals surface area contributed by atoms with Crippen LogP contribution in [0.15, 0.2) is 88.7 Å². The zero-order chi connectivity index (χ0) is 18.6. The molecule has 0 amide bonds. The molecule has 130 valence electrons. The van der Waals surface area contributed by atoms with Gasteiger partial charge in [-0.15, -0.1) is 0 Å².